The lowest BCUT2D eigenvalue weighted by atomic mass is 9.79. The number of nitrogens with zero attached hydrogens (tertiary/aromatic N) is 1. The molecule has 1 aliphatic heterocycles. The Morgan fingerprint density at radius 1 is 1.38 bits per heavy atom. The second kappa shape index (κ2) is 6.63. The molecule has 1 aliphatic rings. The average Bonchev–Trinajstić information content (AvgIpc) is 2.48. The molecule has 2 atom stereocenters. The number of carbonyl (C=O) groups is 1. The molecule has 24 heavy (non-hydrogen) atoms. The molecular weight excluding hydrogens is 321 g/mol. The fraction of sp³-hybridized carbons (Fsp3) is 0.588. The molecular formula is C17H23F3N2O2. The van der Waals surface area contributed by atoms with E-state index in [1.807, 2.05) is 13.8 Å². The first-order valence-electron chi connectivity index (χ1n) is 7.89. The van der Waals surface area contributed by atoms with Crippen LogP contribution in [0.3, 0.4) is 0 Å². The van der Waals surface area contributed by atoms with Gasteiger partial charge in [-0.15, -0.1) is 0 Å². The predicted octanol–water partition coefficient (Wildman–Crippen LogP) is 3.06. The third-order valence-electron chi connectivity index (χ3n) is 4.47. The van der Waals surface area contributed by atoms with Crippen LogP contribution in [0, 0.1) is 5.41 Å². The highest BCUT2D eigenvalue weighted by molar-refractivity contribution is 5.81. The molecule has 4 nitrogen and oxygen atoms in total. The first kappa shape index (κ1) is 18.6. The van der Waals surface area contributed by atoms with Crippen LogP contribution in [0.5, 0.6) is 5.75 Å². The second-order valence-electron chi connectivity index (χ2n) is 6.90. The Morgan fingerprint density at radius 3 is 2.58 bits per heavy atom. The van der Waals surface area contributed by atoms with Gasteiger partial charge in [-0.2, -0.15) is 13.2 Å². The molecule has 7 heteroatoms. The van der Waals surface area contributed by atoms with Crippen molar-refractivity contribution in [3.63, 3.8) is 0 Å². The number of likely N-dealkylation sites (tertiary alicyclic amines) is 1. The zero-order chi connectivity index (χ0) is 18.1. The van der Waals surface area contributed by atoms with E-state index in [9.17, 15) is 18.0 Å². The summed E-state index contributed by atoms with van der Waals surface area (Å²) in [5.41, 5.74) is 4.93. The quantitative estimate of drug-likeness (QED) is 0.917. The highest BCUT2D eigenvalue weighted by Gasteiger charge is 2.38. The summed E-state index contributed by atoms with van der Waals surface area (Å²) >= 11 is 0. The van der Waals surface area contributed by atoms with Gasteiger partial charge in [-0.3, -0.25) is 4.79 Å². The molecule has 0 saturated carbocycles. The minimum Gasteiger partial charge on any atom is -0.480 e. The topological polar surface area (TPSA) is 55.6 Å². The van der Waals surface area contributed by atoms with E-state index in [1.54, 1.807) is 4.90 Å². The molecule has 0 bridgehead atoms. The lowest BCUT2D eigenvalue weighted by Crippen LogP contribution is -2.56. The average molecular weight is 344 g/mol. The first-order valence-corrected chi connectivity index (χ1v) is 7.89. The largest absolute Gasteiger partial charge is 0.480 e. The van der Waals surface area contributed by atoms with Crippen molar-refractivity contribution in [1.82, 2.24) is 4.90 Å². The van der Waals surface area contributed by atoms with E-state index in [0.29, 0.717) is 19.5 Å². The number of rotatable bonds is 3. The van der Waals surface area contributed by atoms with E-state index >= 15 is 0 Å². The molecule has 1 heterocycles. The number of amides is 1. The van der Waals surface area contributed by atoms with E-state index in [-0.39, 0.29) is 23.1 Å². The van der Waals surface area contributed by atoms with E-state index in [2.05, 4.69) is 0 Å². The molecule has 1 aromatic carbocycles. The van der Waals surface area contributed by atoms with Crippen molar-refractivity contribution in [2.75, 3.05) is 13.1 Å². The molecule has 2 N–H and O–H groups in total. The molecule has 1 fully saturated rings. The third kappa shape index (κ3) is 4.01. The van der Waals surface area contributed by atoms with Gasteiger partial charge in [0.25, 0.3) is 5.91 Å². The summed E-state index contributed by atoms with van der Waals surface area (Å²) in [5, 5.41) is 0. The van der Waals surface area contributed by atoms with Crippen LogP contribution < -0.4 is 10.5 Å². The van der Waals surface area contributed by atoms with Crippen molar-refractivity contribution >= 4 is 5.91 Å². The van der Waals surface area contributed by atoms with Crippen molar-refractivity contribution in [3.05, 3.63) is 29.8 Å². The number of ether oxygens (including phenoxy) is 1. The van der Waals surface area contributed by atoms with Crippen LogP contribution in [-0.2, 0) is 11.0 Å². The standard InChI is InChI=1S/C17H23F3N2O2/c1-11(15(23)22-9-8-14(21)16(2,3)10-22)24-13-7-5-4-6-12(13)17(18,19)20/h4-7,11,14H,8-10,21H2,1-3H3. The summed E-state index contributed by atoms with van der Waals surface area (Å²) in [5.74, 6) is -0.661. The van der Waals surface area contributed by atoms with E-state index in [1.165, 1.54) is 25.1 Å². The summed E-state index contributed by atoms with van der Waals surface area (Å²) in [6, 6.07) is 4.89. The Labute approximate surface area is 139 Å². The van der Waals surface area contributed by atoms with Gasteiger partial charge in [-0.1, -0.05) is 26.0 Å². The second-order valence-corrected chi connectivity index (χ2v) is 6.90. The number of alkyl halides is 3. The number of hydrogen-bond acceptors (Lipinski definition) is 3. The minimum atomic E-state index is -4.53. The van der Waals surface area contributed by atoms with Crippen LogP contribution in [0.4, 0.5) is 13.2 Å². The van der Waals surface area contributed by atoms with Gasteiger partial charge in [-0.05, 0) is 30.9 Å². The highest BCUT2D eigenvalue weighted by atomic mass is 19.4. The zero-order valence-corrected chi connectivity index (χ0v) is 14.1. The fourth-order valence-corrected chi connectivity index (χ4v) is 2.86. The predicted molar refractivity (Wildman–Crippen MR) is 84.5 cm³/mol. The van der Waals surface area contributed by atoms with Crippen LogP contribution in [0.15, 0.2) is 24.3 Å². The number of hydrogen-bond donors (Lipinski definition) is 1. The van der Waals surface area contributed by atoms with Gasteiger partial charge in [0, 0.05) is 19.1 Å². The van der Waals surface area contributed by atoms with Gasteiger partial charge in [0.15, 0.2) is 6.10 Å². The van der Waals surface area contributed by atoms with Crippen LogP contribution in [0.1, 0.15) is 32.8 Å². The van der Waals surface area contributed by atoms with Gasteiger partial charge in [-0.25, -0.2) is 0 Å². The van der Waals surface area contributed by atoms with E-state index in [4.69, 9.17) is 10.5 Å². The van der Waals surface area contributed by atoms with Crippen molar-refractivity contribution in [2.24, 2.45) is 11.1 Å². The number of halogens is 3. The summed E-state index contributed by atoms with van der Waals surface area (Å²) in [6.45, 7) is 6.36. The molecule has 134 valence electrons. The Kier molecular flexibility index (Phi) is 5.13. The van der Waals surface area contributed by atoms with Gasteiger partial charge in [0.1, 0.15) is 5.75 Å². The molecule has 2 unspecified atom stereocenters. The Balaban J connectivity index is 2.11. The zero-order valence-electron chi connectivity index (χ0n) is 14.1. The molecule has 0 spiro atoms. The fourth-order valence-electron chi connectivity index (χ4n) is 2.86. The van der Waals surface area contributed by atoms with Crippen molar-refractivity contribution in [2.45, 2.75) is 45.5 Å². The highest BCUT2D eigenvalue weighted by Crippen LogP contribution is 2.36. The maximum atomic E-state index is 13.0. The van der Waals surface area contributed by atoms with Gasteiger partial charge in [0.05, 0.1) is 5.56 Å². The van der Waals surface area contributed by atoms with Crippen molar-refractivity contribution < 1.29 is 22.7 Å². The molecule has 0 aliphatic carbocycles. The lowest BCUT2D eigenvalue weighted by molar-refractivity contribution is -0.145. The molecule has 0 radical (unpaired) electrons. The summed E-state index contributed by atoms with van der Waals surface area (Å²) in [6.07, 6.45) is -4.87. The Bertz CT molecular complexity index is 602. The number of piperidine rings is 1. The molecule has 1 amide bonds. The maximum absolute atomic E-state index is 13.0. The Hall–Kier alpha value is -1.76. The van der Waals surface area contributed by atoms with Gasteiger partial charge < -0.3 is 15.4 Å². The van der Waals surface area contributed by atoms with Gasteiger partial charge in [0.2, 0.25) is 0 Å². The molecule has 1 aromatic rings. The molecule has 2 rings (SSSR count). The normalized spacial score (nSPS) is 22.1. The number of nitrogens with two attached hydrogens (primary N) is 1. The van der Waals surface area contributed by atoms with Crippen molar-refractivity contribution in [3.8, 4) is 5.75 Å². The van der Waals surface area contributed by atoms with Crippen molar-refractivity contribution in [1.29, 1.82) is 0 Å². The minimum absolute atomic E-state index is 0.0104. The van der Waals surface area contributed by atoms with E-state index in [0.717, 1.165) is 6.07 Å². The smallest absolute Gasteiger partial charge is 0.419 e. The SMILES string of the molecule is CC(Oc1ccccc1C(F)(F)F)C(=O)N1CCC(N)C(C)(C)C1. The number of para-hydroxylation sites is 1. The van der Waals surface area contributed by atoms with Crippen LogP contribution >= 0.6 is 0 Å². The summed E-state index contributed by atoms with van der Waals surface area (Å²) in [7, 11) is 0. The maximum Gasteiger partial charge on any atom is 0.419 e. The first-order chi connectivity index (χ1) is 11.0. The number of carbonyl (C=O) groups excluding carboxylic acids is 1. The summed E-state index contributed by atoms with van der Waals surface area (Å²) in [4.78, 5) is 14.2. The van der Waals surface area contributed by atoms with Crippen LogP contribution in [0.25, 0.3) is 0 Å². The van der Waals surface area contributed by atoms with E-state index < -0.39 is 17.8 Å². The van der Waals surface area contributed by atoms with Gasteiger partial charge >= 0.3 is 6.18 Å². The summed E-state index contributed by atoms with van der Waals surface area (Å²) < 4.78 is 44.4. The van der Waals surface area contributed by atoms with Crippen LogP contribution in [-0.4, -0.2) is 36.0 Å². The molecule has 0 aromatic heterocycles. The van der Waals surface area contributed by atoms with Crippen LogP contribution in [0.2, 0.25) is 0 Å². The monoisotopic (exact) mass is 344 g/mol. The molecule has 1 saturated heterocycles. The number of benzene rings is 1. The Morgan fingerprint density at radius 2 is 2.00 bits per heavy atom. The third-order valence-corrected chi connectivity index (χ3v) is 4.47. The lowest BCUT2D eigenvalue weighted by Gasteiger charge is -2.43.